The minimum Gasteiger partial charge on any atom is -0.426 e. The minimum absolute atomic E-state index is 0.0344. The molecule has 2 aliphatic heterocycles. The Kier molecular flexibility index (Phi) is 5.07. The summed E-state index contributed by atoms with van der Waals surface area (Å²) in [6, 6.07) is 11.8. The second kappa shape index (κ2) is 8.05. The third-order valence-corrected chi connectivity index (χ3v) is 8.16. The predicted octanol–water partition coefficient (Wildman–Crippen LogP) is 3.92. The largest absolute Gasteiger partial charge is 0.426 e. The van der Waals surface area contributed by atoms with Crippen LogP contribution in [-0.4, -0.2) is 30.2 Å². The number of ether oxygens (including phenoxy) is 1. The molecule has 6 rings (SSSR count). The normalized spacial score (nSPS) is 28.9. The van der Waals surface area contributed by atoms with Crippen LogP contribution in [0.4, 0.5) is 11.4 Å². The average Bonchev–Trinajstić information content (AvgIpc) is 3.59. The maximum atomic E-state index is 13.1. The van der Waals surface area contributed by atoms with Crippen molar-refractivity contribution in [1.29, 1.82) is 0 Å². The highest BCUT2D eigenvalue weighted by Crippen LogP contribution is 2.53. The van der Waals surface area contributed by atoms with Crippen molar-refractivity contribution in [2.75, 3.05) is 16.3 Å². The first-order chi connectivity index (χ1) is 16.8. The summed E-state index contributed by atoms with van der Waals surface area (Å²) in [5, 5.41) is 0.553. The maximum Gasteiger partial charge on any atom is 0.316 e. The van der Waals surface area contributed by atoms with Crippen LogP contribution in [0.3, 0.4) is 0 Å². The zero-order valence-electron chi connectivity index (χ0n) is 19.0. The molecule has 2 heterocycles. The van der Waals surface area contributed by atoms with Gasteiger partial charge in [0.25, 0.3) is 0 Å². The van der Waals surface area contributed by atoms with Gasteiger partial charge >= 0.3 is 5.97 Å². The van der Waals surface area contributed by atoms with Gasteiger partial charge in [0.1, 0.15) is 5.75 Å². The number of amides is 3. The van der Waals surface area contributed by atoms with E-state index in [9.17, 15) is 19.2 Å². The highest BCUT2D eigenvalue weighted by Gasteiger charge is 2.59. The molecular formula is C27H23ClN2O5. The van der Waals surface area contributed by atoms with Crippen molar-refractivity contribution in [3.63, 3.8) is 0 Å². The van der Waals surface area contributed by atoms with E-state index in [0.717, 1.165) is 12.0 Å². The monoisotopic (exact) mass is 490 g/mol. The molecule has 0 unspecified atom stereocenters. The van der Waals surface area contributed by atoms with Gasteiger partial charge in [-0.1, -0.05) is 35.9 Å². The van der Waals surface area contributed by atoms with E-state index in [4.69, 9.17) is 16.3 Å². The molecule has 178 valence electrons. The number of nitrogens with zero attached hydrogens (tertiary/aromatic N) is 2. The highest BCUT2D eigenvalue weighted by molar-refractivity contribution is 6.31. The van der Waals surface area contributed by atoms with Gasteiger partial charge in [0.15, 0.2) is 0 Å². The van der Waals surface area contributed by atoms with E-state index in [0.29, 0.717) is 16.4 Å². The number of hydrogen-bond donors (Lipinski definition) is 0. The summed E-state index contributed by atoms with van der Waals surface area (Å²) in [7, 11) is 0. The lowest BCUT2D eigenvalue weighted by Gasteiger charge is -2.20. The molecule has 0 radical (unpaired) electrons. The molecule has 35 heavy (non-hydrogen) atoms. The van der Waals surface area contributed by atoms with Gasteiger partial charge in [0.05, 0.1) is 23.4 Å². The molecule has 0 N–H and O–H groups in total. The van der Waals surface area contributed by atoms with Gasteiger partial charge in [-0.3, -0.25) is 19.2 Å². The van der Waals surface area contributed by atoms with Crippen LogP contribution in [0, 0.1) is 36.5 Å². The van der Waals surface area contributed by atoms with Gasteiger partial charge in [-0.2, -0.15) is 0 Å². The van der Waals surface area contributed by atoms with E-state index >= 15 is 0 Å². The van der Waals surface area contributed by atoms with Crippen LogP contribution in [0.2, 0.25) is 5.02 Å². The first kappa shape index (κ1) is 22.0. The lowest BCUT2D eigenvalue weighted by Crippen LogP contribution is -2.32. The van der Waals surface area contributed by atoms with Crippen LogP contribution in [-0.2, 0) is 19.2 Å². The molecule has 2 bridgehead atoms. The maximum absolute atomic E-state index is 13.1. The van der Waals surface area contributed by atoms with E-state index < -0.39 is 11.9 Å². The number of halogens is 1. The van der Waals surface area contributed by atoms with Crippen molar-refractivity contribution in [2.24, 2.45) is 29.6 Å². The molecule has 3 fully saturated rings. The summed E-state index contributed by atoms with van der Waals surface area (Å²) < 4.78 is 5.60. The third kappa shape index (κ3) is 3.40. The van der Waals surface area contributed by atoms with E-state index in [1.807, 2.05) is 6.92 Å². The molecule has 2 saturated heterocycles. The first-order valence-electron chi connectivity index (χ1n) is 11.8. The Morgan fingerprint density at radius 1 is 1.00 bits per heavy atom. The van der Waals surface area contributed by atoms with Crippen molar-refractivity contribution in [3.8, 4) is 5.75 Å². The van der Waals surface area contributed by atoms with Crippen LogP contribution in [0.1, 0.15) is 18.4 Å². The van der Waals surface area contributed by atoms with Gasteiger partial charge in [-0.15, -0.1) is 0 Å². The quantitative estimate of drug-likeness (QED) is 0.281. The molecule has 0 spiro atoms. The Hall–Kier alpha value is -3.45. The molecule has 2 aromatic carbocycles. The van der Waals surface area contributed by atoms with Gasteiger partial charge in [0.2, 0.25) is 17.7 Å². The van der Waals surface area contributed by atoms with Crippen molar-refractivity contribution >= 4 is 46.7 Å². The Bertz CT molecular complexity index is 1290. The first-order valence-corrected chi connectivity index (χ1v) is 12.1. The number of anilines is 2. The summed E-state index contributed by atoms with van der Waals surface area (Å²) in [5.41, 5.74) is 1.86. The summed E-state index contributed by atoms with van der Waals surface area (Å²) in [6.07, 6.45) is 5.00. The van der Waals surface area contributed by atoms with Crippen LogP contribution < -0.4 is 14.5 Å². The number of fused-ring (bicyclic) bond motifs is 5. The zero-order chi connectivity index (χ0) is 24.4. The lowest BCUT2D eigenvalue weighted by molar-refractivity contribution is -0.139. The minimum atomic E-state index is -0.638. The summed E-state index contributed by atoms with van der Waals surface area (Å²) >= 11 is 6.20. The zero-order valence-corrected chi connectivity index (χ0v) is 19.8. The predicted molar refractivity (Wildman–Crippen MR) is 129 cm³/mol. The topological polar surface area (TPSA) is 84.0 Å². The smallest absolute Gasteiger partial charge is 0.316 e. The SMILES string of the molecule is Cc1c(Cl)cccc1N1C[C@H](C(=O)Oc2cccc(N3C(=O)[C@@H]4[C@@H](C3=O)[C@H]3C=C[C@H]4C3)c2)CC1=O. The van der Waals surface area contributed by atoms with E-state index in [1.165, 1.54) is 4.90 Å². The van der Waals surface area contributed by atoms with E-state index in [2.05, 4.69) is 12.2 Å². The molecule has 2 aromatic rings. The Morgan fingerprint density at radius 2 is 1.69 bits per heavy atom. The molecule has 1 saturated carbocycles. The fourth-order valence-electron chi connectivity index (χ4n) is 6.03. The highest BCUT2D eigenvalue weighted by atomic mass is 35.5. The number of esters is 1. The molecule has 7 nitrogen and oxygen atoms in total. The Balaban J connectivity index is 1.18. The second-order valence-corrected chi connectivity index (χ2v) is 10.1. The standard InChI is InChI=1S/C27H23ClN2O5/c1-14-20(28)6-3-7-21(14)29-13-17(11-22(29)31)27(34)35-19-5-2-4-18(12-19)30-25(32)23-15-8-9-16(10-15)24(23)26(30)33/h2-9,12,15-17,23-24H,10-11,13H2,1H3/t15-,16-,17+,23-,24-/m0/s1. The number of carbonyl (C=O) groups is 4. The van der Waals surface area contributed by atoms with E-state index in [1.54, 1.807) is 47.4 Å². The van der Waals surface area contributed by atoms with Crippen LogP contribution in [0.5, 0.6) is 5.75 Å². The number of carbonyl (C=O) groups excluding carboxylic acids is 4. The molecule has 2 aliphatic carbocycles. The number of allylic oxidation sites excluding steroid dienone is 2. The van der Waals surface area contributed by atoms with Crippen molar-refractivity contribution in [1.82, 2.24) is 0 Å². The molecular weight excluding hydrogens is 468 g/mol. The van der Waals surface area contributed by atoms with Crippen LogP contribution >= 0.6 is 11.6 Å². The fraction of sp³-hybridized carbons (Fsp3) is 0.333. The van der Waals surface area contributed by atoms with Crippen LogP contribution in [0.25, 0.3) is 0 Å². The molecule has 5 atom stereocenters. The molecule has 4 aliphatic rings. The van der Waals surface area contributed by atoms with Crippen molar-refractivity contribution in [2.45, 2.75) is 19.8 Å². The van der Waals surface area contributed by atoms with Gasteiger partial charge in [0, 0.05) is 29.7 Å². The number of imide groups is 1. The summed E-state index contributed by atoms with van der Waals surface area (Å²) in [6.45, 7) is 2.03. The van der Waals surface area contributed by atoms with Crippen molar-refractivity contribution < 1.29 is 23.9 Å². The lowest BCUT2D eigenvalue weighted by atomic mass is 9.85. The van der Waals surface area contributed by atoms with Gasteiger partial charge in [-0.05, 0) is 55.0 Å². The van der Waals surface area contributed by atoms with Crippen LogP contribution in [0.15, 0.2) is 54.6 Å². The molecule has 0 aromatic heterocycles. The molecule has 8 heteroatoms. The third-order valence-electron chi connectivity index (χ3n) is 7.75. The molecule has 3 amide bonds. The summed E-state index contributed by atoms with van der Waals surface area (Å²) in [4.78, 5) is 54.6. The fourth-order valence-corrected chi connectivity index (χ4v) is 6.20. The van der Waals surface area contributed by atoms with Gasteiger partial charge in [-0.25, -0.2) is 4.90 Å². The number of hydrogen-bond acceptors (Lipinski definition) is 5. The van der Waals surface area contributed by atoms with Crippen molar-refractivity contribution in [3.05, 3.63) is 65.2 Å². The Morgan fingerprint density at radius 3 is 2.40 bits per heavy atom. The number of rotatable bonds is 4. The van der Waals surface area contributed by atoms with E-state index in [-0.39, 0.29) is 60.1 Å². The summed E-state index contributed by atoms with van der Waals surface area (Å²) in [5.74, 6) is -1.83. The average molecular weight is 491 g/mol. The Labute approximate surface area is 207 Å². The number of benzene rings is 2. The second-order valence-electron chi connectivity index (χ2n) is 9.72. The van der Waals surface area contributed by atoms with Gasteiger partial charge < -0.3 is 9.64 Å².